The lowest BCUT2D eigenvalue weighted by molar-refractivity contribution is 0.0240. The molecule has 0 spiro atoms. The number of hydrazine groups is 1. The summed E-state index contributed by atoms with van der Waals surface area (Å²) in [6.45, 7) is 4.88. The number of pyridine rings is 1. The Kier molecular flexibility index (Phi) is 4.69. The number of fused-ring (bicyclic) bond motifs is 1. The van der Waals surface area contributed by atoms with Gasteiger partial charge in [0.1, 0.15) is 0 Å². The van der Waals surface area contributed by atoms with Crippen molar-refractivity contribution >= 4 is 0 Å². The summed E-state index contributed by atoms with van der Waals surface area (Å²) in [5.74, 6) is 6.12. The standard InChI is InChI=1S/C14H23N3O/c1-3-12(18-4-2)14(17-15)11-8-7-10-6-5-9-16-13(10)11/h5-6,9,11-12,14,17H,3-4,7-8,15H2,1-2H3. The molecule has 1 aromatic rings. The highest BCUT2D eigenvalue weighted by Gasteiger charge is 2.34. The highest BCUT2D eigenvalue weighted by molar-refractivity contribution is 5.30. The number of rotatable bonds is 6. The Balaban J connectivity index is 2.19. The SMILES string of the molecule is CCOC(CC)C(NN)C1CCc2cccnc21. The van der Waals surface area contributed by atoms with Crippen molar-refractivity contribution in [1.29, 1.82) is 0 Å². The zero-order valence-corrected chi connectivity index (χ0v) is 11.2. The molecule has 18 heavy (non-hydrogen) atoms. The fraction of sp³-hybridized carbons (Fsp3) is 0.643. The minimum atomic E-state index is 0.145. The lowest BCUT2D eigenvalue weighted by Gasteiger charge is -2.30. The first-order valence-corrected chi connectivity index (χ1v) is 6.83. The van der Waals surface area contributed by atoms with E-state index in [0.717, 1.165) is 25.9 Å². The van der Waals surface area contributed by atoms with E-state index < -0.39 is 0 Å². The van der Waals surface area contributed by atoms with Crippen molar-refractivity contribution in [3.8, 4) is 0 Å². The van der Waals surface area contributed by atoms with Gasteiger partial charge in [-0.3, -0.25) is 16.3 Å². The van der Waals surface area contributed by atoms with Gasteiger partial charge in [0, 0.05) is 24.4 Å². The minimum absolute atomic E-state index is 0.145. The van der Waals surface area contributed by atoms with Gasteiger partial charge in [0.15, 0.2) is 0 Å². The molecule has 3 atom stereocenters. The molecule has 4 heteroatoms. The minimum Gasteiger partial charge on any atom is -0.377 e. The summed E-state index contributed by atoms with van der Waals surface area (Å²) >= 11 is 0. The molecule has 100 valence electrons. The number of hydrogen-bond acceptors (Lipinski definition) is 4. The number of aromatic nitrogens is 1. The summed E-state index contributed by atoms with van der Waals surface area (Å²) < 4.78 is 5.80. The number of aryl methyl sites for hydroxylation is 1. The predicted molar refractivity (Wildman–Crippen MR) is 72.1 cm³/mol. The van der Waals surface area contributed by atoms with Gasteiger partial charge in [0.25, 0.3) is 0 Å². The highest BCUT2D eigenvalue weighted by atomic mass is 16.5. The van der Waals surface area contributed by atoms with Gasteiger partial charge in [-0.25, -0.2) is 0 Å². The van der Waals surface area contributed by atoms with Crippen LogP contribution >= 0.6 is 0 Å². The molecule has 0 amide bonds. The maximum absolute atomic E-state index is 5.80. The van der Waals surface area contributed by atoms with Crippen LogP contribution in [-0.4, -0.2) is 23.7 Å². The third kappa shape index (κ3) is 2.55. The second-order valence-electron chi connectivity index (χ2n) is 4.79. The topological polar surface area (TPSA) is 60.2 Å². The van der Waals surface area contributed by atoms with E-state index in [4.69, 9.17) is 10.6 Å². The lowest BCUT2D eigenvalue weighted by Crippen LogP contribution is -2.48. The van der Waals surface area contributed by atoms with Crippen molar-refractivity contribution in [1.82, 2.24) is 10.4 Å². The van der Waals surface area contributed by atoms with Gasteiger partial charge in [0.05, 0.1) is 12.1 Å². The molecule has 0 bridgehead atoms. The number of hydrogen-bond donors (Lipinski definition) is 2. The van der Waals surface area contributed by atoms with Crippen LogP contribution in [0.2, 0.25) is 0 Å². The molecule has 0 fully saturated rings. The molecule has 1 aliphatic carbocycles. The molecule has 0 saturated heterocycles. The van der Waals surface area contributed by atoms with Crippen LogP contribution in [0, 0.1) is 0 Å². The van der Waals surface area contributed by atoms with Gasteiger partial charge in [-0.05, 0) is 37.8 Å². The van der Waals surface area contributed by atoms with Crippen LogP contribution in [0.3, 0.4) is 0 Å². The molecule has 0 radical (unpaired) electrons. The van der Waals surface area contributed by atoms with Crippen LogP contribution in [0.4, 0.5) is 0 Å². The second kappa shape index (κ2) is 6.27. The molecular weight excluding hydrogens is 226 g/mol. The molecule has 1 aliphatic rings. The van der Waals surface area contributed by atoms with Crippen LogP contribution in [0.25, 0.3) is 0 Å². The summed E-state index contributed by atoms with van der Waals surface area (Å²) in [5.41, 5.74) is 5.50. The molecule has 1 aromatic heterocycles. The Morgan fingerprint density at radius 1 is 1.56 bits per heavy atom. The lowest BCUT2D eigenvalue weighted by atomic mass is 9.91. The smallest absolute Gasteiger partial charge is 0.0745 e. The second-order valence-corrected chi connectivity index (χ2v) is 4.79. The van der Waals surface area contributed by atoms with Crippen molar-refractivity contribution in [3.63, 3.8) is 0 Å². The third-order valence-electron chi connectivity index (χ3n) is 3.81. The zero-order valence-electron chi connectivity index (χ0n) is 11.2. The molecule has 0 aromatic carbocycles. The zero-order chi connectivity index (χ0) is 13.0. The Labute approximate surface area is 109 Å². The molecule has 2 rings (SSSR count). The quantitative estimate of drug-likeness (QED) is 0.596. The molecule has 1 heterocycles. The van der Waals surface area contributed by atoms with Crippen molar-refractivity contribution in [2.24, 2.45) is 5.84 Å². The first-order valence-electron chi connectivity index (χ1n) is 6.83. The Morgan fingerprint density at radius 3 is 3.06 bits per heavy atom. The molecule has 0 saturated carbocycles. The van der Waals surface area contributed by atoms with Gasteiger partial charge in [-0.2, -0.15) is 0 Å². The summed E-state index contributed by atoms with van der Waals surface area (Å²) in [6, 6.07) is 4.31. The van der Waals surface area contributed by atoms with Gasteiger partial charge in [-0.1, -0.05) is 13.0 Å². The molecule has 4 nitrogen and oxygen atoms in total. The Bertz CT molecular complexity index is 383. The largest absolute Gasteiger partial charge is 0.377 e. The van der Waals surface area contributed by atoms with E-state index in [-0.39, 0.29) is 12.1 Å². The van der Waals surface area contributed by atoms with E-state index in [1.807, 2.05) is 19.2 Å². The summed E-state index contributed by atoms with van der Waals surface area (Å²) in [5, 5.41) is 0. The van der Waals surface area contributed by atoms with Crippen molar-refractivity contribution < 1.29 is 4.74 Å². The van der Waals surface area contributed by atoms with Crippen molar-refractivity contribution in [2.75, 3.05) is 6.61 Å². The maximum atomic E-state index is 5.80. The van der Waals surface area contributed by atoms with Crippen LogP contribution in [0.1, 0.15) is 43.9 Å². The summed E-state index contributed by atoms with van der Waals surface area (Å²) in [7, 11) is 0. The monoisotopic (exact) mass is 249 g/mol. The highest BCUT2D eigenvalue weighted by Crippen LogP contribution is 2.35. The van der Waals surface area contributed by atoms with E-state index in [0.29, 0.717) is 5.92 Å². The van der Waals surface area contributed by atoms with Crippen LogP contribution in [0.15, 0.2) is 18.3 Å². The van der Waals surface area contributed by atoms with Crippen LogP contribution < -0.4 is 11.3 Å². The van der Waals surface area contributed by atoms with Crippen molar-refractivity contribution in [2.45, 2.75) is 51.2 Å². The van der Waals surface area contributed by atoms with Gasteiger partial charge in [-0.15, -0.1) is 0 Å². The average molecular weight is 249 g/mol. The molecule has 3 unspecified atom stereocenters. The number of nitrogens with one attached hydrogen (secondary N) is 1. The molecule has 3 N–H and O–H groups in total. The fourth-order valence-corrected chi connectivity index (χ4v) is 2.97. The number of nitrogens with zero attached hydrogens (tertiary/aromatic N) is 1. The summed E-state index contributed by atoms with van der Waals surface area (Å²) in [4.78, 5) is 4.54. The normalized spacial score (nSPS) is 21.6. The Morgan fingerprint density at radius 2 is 2.39 bits per heavy atom. The van der Waals surface area contributed by atoms with Crippen molar-refractivity contribution in [3.05, 3.63) is 29.6 Å². The maximum Gasteiger partial charge on any atom is 0.0745 e. The van der Waals surface area contributed by atoms with E-state index >= 15 is 0 Å². The Hall–Kier alpha value is -0.970. The first-order chi connectivity index (χ1) is 8.81. The number of ether oxygens (including phenoxy) is 1. The first kappa shape index (κ1) is 13.5. The van der Waals surface area contributed by atoms with Crippen LogP contribution in [-0.2, 0) is 11.2 Å². The van der Waals surface area contributed by atoms with Crippen LogP contribution in [0.5, 0.6) is 0 Å². The average Bonchev–Trinajstić information content (AvgIpc) is 2.83. The third-order valence-corrected chi connectivity index (χ3v) is 3.81. The molecule has 0 aliphatic heterocycles. The van der Waals surface area contributed by atoms with E-state index in [1.54, 1.807) is 0 Å². The van der Waals surface area contributed by atoms with E-state index in [2.05, 4.69) is 23.4 Å². The van der Waals surface area contributed by atoms with Gasteiger partial charge < -0.3 is 4.74 Å². The fourth-order valence-electron chi connectivity index (χ4n) is 2.97. The predicted octanol–water partition coefficient (Wildman–Crippen LogP) is 1.76. The molecular formula is C14H23N3O. The van der Waals surface area contributed by atoms with Gasteiger partial charge in [0.2, 0.25) is 0 Å². The summed E-state index contributed by atoms with van der Waals surface area (Å²) in [6.07, 6.45) is 5.17. The number of nitrogens with two attached hydrogens (primary N) is 1. The van der Waals surface area contributed by atoms with E-state index in [1.165, 1.54) is 11.3 Å². The van der Waals surface area contributed by atoms with E-state index in [9.17, 15) is 0 Å². The van der Waals surface area contributed by atoms with Gasteiger partial charge >= 0.3 is 0 Å².